The lowest BCUT2D eigenvalue weighted by atomic mass is 10.2. The molecule has 2 aromatic carbocycles. The van der Waals surface area contributed by atoms with Gasteiger partial charge in [-0.1, -0.05) is 18.2 Å². The largest absolute Gasteiger partial charge is 0.416 e. The number of aromatic nitrogens is 1. The molecule has 0 fully saturated rings. The van der Waals surface area contributed by atoms with E-state index in [-0.39, 0.29) is 10.6 Å². The molecular weight excluding hydrogens is 353 g/mol. The van der Waals surface area contributed by atoms with E-state index < -0.39 is 21.8 Å². The minimum Gasteiger partial charge on any atom is -0.277 e. The third kappa shape index (κ3) is 3.58. The van der Waals surface area contributed by atoms with Gasteiger partial charge in [-0.3, -0.25) is 9.71 Å². The molecule has 1 N–H and O–H groups in total. The number of hydrogen-bond acceptors (Lipinski definition) is 3. The van der Waals surface area contributed by atoms with Crippen molar-refractivity contribution >= 4 is 26.6 Å². The molecule has 130 valence electrons. The zero-order valence-electron chi connectivity index (χ0n) is 13.0. The van der Waals surface area contributed by atoms with Crippen LogP contribution in [-0.2, 0) is 16.2 Å². The first kappa shape index (κ1) is 17.2. The van der Waals surface area contributed by atoms with E-state index in [1.165, 1.54) is 0 Å². The Morgan fingerprint density at radius 2 is 1.64 bits per heavy atom. The molecule has 3 rings (SSSR count). The highest BCUT2D eigenvalue weighted by Crippen LogP contribution is 2.30. The fourth-order valence-electron chi connectivity index (χ4n) is 2.35. The molecule has 1 heterocycles. The number of anilines is 1. The average Bonchev–Trinajstić information content (AvgIpc) is 2.54. The normalized spacial score (nSPS) is 12.3. The number of benzene rings is 2. The second-order valence-electron chi connectivity index (χ2n) is 5.46. The Balaban J connectivity index is 1.98. The van der Waals surface area contributed by atoms with Crippen molar-refractivity contribution in [1.82, 2.24) is 4.98 Å². The van der Waals surface area contributed by atoms with Gasteiger partial charge in [0.1, 0.15) is 0 Å². The fraction of sp³-hybridized carbons (Fsp3) is 0.118. The molecule has 0 bridgehead atoms. The number of fused-ring (bicyclic) bond motifs is 1. The molecule has 4 nitrogen and oxygen atoms in total. The molecule has 0 aliphatic rings. The molecule has 0 radical (unpaired) electrons. The maximum absolute atomic E-state index is 12.6. The summed E-state index contributed by atoms with van der Waals surface area (Å²) in [6.07, 6.45) is -4.52. The Hall–Kier alpha value is -2.61. The van der Waals surface area contributed by atoms with Crippen molar-refractivity contribution in [3.05, 3.63) is 65.9 Å². The molecular formula is C17H13F3N2O2S. The van der Waals surface area contributed by atoms with Crippen LogP contribution in [0, 0.1) is 6.92 Å². The highest BCUT2D eigenvalue weighted by molar-refractivity contribution is 7.92. The fourth-order valence-corrected chi connectivity index (χ4v) is 3.42. The lowest BCUT2D eigenvalue weighted by Gasteiger charge is -2.12. The van der Waals surface area contributed by atoms with Crippen molar-refractivity contribution in [3.63, 3.8) is 0 Å². The van der Waals surface area contributed by atoms with E-state index in [4.69, 9.17) is 0 Å². The monoisotopic (exact) mass is 366 g/mol. The van der Waals surface area contributed by atoms with Gasteiger partial charge in [0.25, 0.3) is 10.0 Å². The molecule has 25 heavy (non-hydrogen) atoms. The summed E-state index contributed by atoms with van der Waals surface area (Å²) in [5, 5.41) is 0.748. The molecule has 0 saturated carbocycles. The zero-order chi connectivity index (χ0) is 18.2. The number of rotatable bonds is 3. The molecule has 0 amide bonds. The van der Waals surface area contributed by atoms with Crippen molar-refractivity contribution in [2.45, 2.75) is 18.0 Å². The van der Waals surface area contributed by atoms with Crippen LogP contribution in [0.1, 0.15) is 11.3 Å². The van der Waals surface area contributed by atoms with Gasteiger partial charge in [0, 0.05) is 11.1 Å². The van der Waals surface area contributed by atoms with E-state index in [9.17, 15) is 21.6 Å². The summed E-state index contributed by atoms with van der Waals surface area (Å²) in [4.78, 5) is 4.07. The summed E-state index contributed by atoms with van der Waals surface area (Å²) in [5.41, 5.74) is 0.543. The third-order valence-corrected chi connectivity index (χ3v) is 4.98. The molecule has 1 aromatic heterocycles. The molecule has 0 unspecified atom stereocenters. The van der Waals surface area contributed by atoms with Crippen LogP contribution in [0.15, 0.2) is 59.5 Å². The van der Waals surface area contributed by atoms with E-state index in [0.717, 1.165) is 29.7 Å². The zero-order valence-corrected chi connectivity index (χ0v) is 13.8. The average molecular weight is 366 g/mol. The highest BCUT2D eigenvalue weighted by Gasteiger charge is 2.30. The Kier molecular flexibility index (Phi) is 4.16. The van der Waals surface area contributed by atoms with Crippen molar-refractivity contribution in [2.24, 2.45) is 0 Å². The van der Waals surface area contributed by atoms with Crippen molar-refractivity contribution < 1.29 is 21.6 Å². The number of halogens is 3. The Morgan fingerprint density at radius 1 is 0.960 bits per heavy atom. The lowest BCUT2D eigenvalue weighted by Crippen LogP contribution is -2.14. The first-order valence-electron chi connectivity index (χ1n) is 7.23. The maximum Gasteiger partial charge on any atom is 0.416 e. The predicted octanol–water partition coefficient (Wildman–Crippen LogP) is 4.36. The Labute approximate surface area is 142 Å². The molecule has 0 atom stereocenters. The molecule has 0 aliphatic carbocycles. The smallest absolute Gasteiger partial charge is 0.277 e. The first-order valence-corrected chi connectivity index (χ1v) is 8.71. The number of hydrogen-bond donors (Lipinski definition) is 1. The van der Waals surface area contributed by atoms with Gasteiger partial charge < -0.3 is 0 Å². The van der Waals surface area contributed by atoms with Gasteiger partial charge in [-0.2, -0.15) is 13.2 Å². The Morgan fingerprint density at radius 3 is 2.28 bits per heavy atom. The summed E-state index contributed by atoms with van der Waals surface area (Å²) in [6, 6.07) is 12.0. The van der Waals surface area contributed by atoms with Crippen molar-refractivity contribution in [3.8, 4) is 0 Å². The quantitative estimate of drug-likeness (QED) is 0.749. The van der Waals surface area contributed by atoms with Gasteiger partial charge in [0.2, 0.25) is 0 Å². The van der Waals surface area contributed by atoms with E-state index in [0.29, 0.717) is 11.2 Å². The van der Waals surface area contributed by atoms with Crippen LogP contribution in [0.3, 0.4) is 0 Å². The molecule has 8 heteroatoms. The number of para-hydroxylation sites is 1. The predicted molar refractivity (Wildman–Crippen MR) is 88.7 cm³/mol. The number of nitrogens with zero attached hydrogens (tertiary/aromatic N) is 1. The second-order valence-corrected chi connectivity index (χ2v) is 7.14. The maximum atomic E-state index is 12.6. The van der Waals surface area contributed by atoms with Crippen LogP contribution in [0.2, 0.25) is 0 Å². The molecule has 0 spiro atoms. The van der Waals surface area contributed by atoms with E-state index >= 15 is 0 Å². The van der Waals surface area contributed by atoms with Crippen LogP contribution in [0.25, 0.3) is 10.9 Å². The second kappa shape index (κ2) is 6.03. The summed E-state index contributed by atoms with van der Waals surface area (Å²) in [5.74, 6) is 0. The SMILES string of the molecule is Cc1ccc2cccc(NS(=O)(=O)c3ccc(C(F)(F)F)cc3)c2n1. The van der Waals surface area contributed by atoms with E-state index in [1.807, 2.05) is 6.07 Å². The number of nitrogens with one attached hydrogen (secondary N) is 1. The number of aryl methyl sites for hydroxylation is 1. The minimum atomic E-state index is -4.52. The third-order valence-electron chi connectivity index (χ3n) is 3.60. The Bertz CT molecular complexity index is 1030. The van der Waals surface area contributed by atoms with E-state index in [1.54, 1.807) is 31.2 Å². The minimum absolute atomic E-state index is 0.259. The van der Waals surface area contributed by atoms with Gasteiger partial charge in [-0.15, -0.1) is 0 Å². The molecule has 3 aromatic rings. The molecule has 0 saturated heterocycles. The van der Waals surface area contributed by atoms with Crippen LogP contribution < -0.4 is 4.72 Å². The van der Waals surface area contributed by atoms with Gasteiger partial charge in [0.05, 0.1) is 21.7 Å². The lowest BCUT2D eigenvalue weighted by molar-refractivity contribution is -0.137. The van der Waals surface area contributed by atoms with Gasteiger partial charge in [-0.25, -0.2) is 8.42 Å². The standard InChI is InChI=1S/C17H13F3N2O2S/c1-11-5-6-12-3-2-4-15(16(12)21-11)22-25(23,24)14-9-7-13(8-10-14)17(18,19)20/h2-10,22H,1H3. The van der Waals surface area contributed by atoms with Gasteiger partial charge in [-0.05, 0) is 43.3 Å². The highest BCUT2D eigenvalue weighted by atomic mass is 32.2. The summed E-state index contributed by atoms with van der Waals surface area (Å²) < 4.78 is 65.1. The number of sulfonamides is 1. The topological polar surface area (TPSA) is 59.1 Å². The van der Waals surface area contributed by atoms with Gasteiger partial charge >= 0.3 is 6.18 Å². The number of alkyl halides is 3. The van der Waals surface area contributed by atoms with Crippen molar-refractivity contribution in [1.29, 1.82) is 0 Å². The summed E-state index contributed by atoms with van der Waals surface area (Å²) >= 11 is 0. The summed E-state index contributed by atoms with van der Waals surface area (Å²) in [7, 11) is -4.04. The van der Waals surface area contributed by atoms with Crippen LogP contribution in [0.5, 0.6) is 0 Å². The van der Waals surface area contributed by atoms with Crippen molar-refractivity contribution in [2.75, 3.05) is 4.72 Å². The molecule has 0 aliphatic heterocycles. The number of pyridine rings is 1. The van der Waals surface area contributed by atoms with Gasteiger partial charge in [0.15, 0.2) is 0 Å². The van der Waals surface area contributed by atoms with Crippen LogP contribution >= 0.6 is 0 Å². The van der Waals surface area contributed by atoms with Crippen LogP contribution in [-0.4, -0.2) is 13.4 Å². The first-order chi connectivity index (χ1) is 11.7. The summed E-state index contributed by atoms with van der Waals surface area (Å²) in [6.45, 7) is 1.78. The van der Waals surface area contributed by atoms with Crippen LogP contribution in [0.4, 0.5) is 18.9 Å². The van der Waals surface area contributed by atoms with E-state index in [2.05, 4.69) is 9.71 Å².